The molecule has 0 amide bonds. The van der Waals surface area contributed by atoms with Crippen molar-refractivity contribution in [3.63, 3.8) is 0 Å². The van der Waals surface area contributed by atoms with E-state index in [4.69, 9.17) is 4.74 Å². The molecule has 21 heavy (non-hydrogen) atoms. The highest BCUT2D eigenvalue weighted by atomic mass is 19.1. The van der Waals surface area contributed by atoms with Gasteiger partial charge >= 0.3 is 6.16 Å². The average molecular weight is 296 g/mol. The molecular formula is C17H25FO3. The summed E-state index contributed by atoms with van der Waals surface area (Å²) in [7, 11) is 0. The van der Waals surface area contributed by atoms with Crippen molar-refractivity contribution in [3.8, 4) is 5.75 Å². The second-order valence-corrected chi connectivity index (χ2v) is 7.26. The van der Waals surface area contributed by atoms with Crippen LogP contribution in [0.25, 0.3) is 0 Å². The molecule has 1 rings (SSSR count). The van der Waals surface area contributed by atoms with Crippen molar-refractivity contribution in [2.45, 2.75) is 65.7 Å². The minimum absolute atomic E-state index is 0.0867. The molecule has 1 unspecified atom stereocenters. The number of carbonyl (C=O) groups is 1. The molecule has 1 atom stereocenters. The van der Waals surface area contributed by atoms with Gasteiger partial charge in [-0.25, -0.2) is 9.18 Å². The van der Waals surface area contributed by atoms with Gasteiger partial charge in [-0.1, -0.05) is 47.6 Å². The number of benzene rings is 1. The molecule has 0 fully saturated rings. The van der Waals surface area contributed by atoms with Crippen LogP contribution in [0.2, 0.25) is 0 Å². The van der Waals surface area contributed by atoms with E-state index in [-0.39, 0.29) is 10.8 Å². The maximum Gasteiger partial charge on any atom is 0.516 e. The first-order chi connectivity index (χ1) is 9.39. The number of halogens is 1. The van der Waals surface area contributed by atoms with Gasteiger partial charge in [0.15, 0.2) is 0 Å². The predicted molar refractivity (Wildman–Crippen MR) is 81.5 cm³/mol. The number of ether oxygens (including phenoxy) is 2. The molecule has 0 aliphatic rings. The van der Waals surface area contributed by atoms with E-state index < -0.39 is 12.5 Å². The van der Waals surface area contributed by atoms with Gasteiger partial charge < -0.3 is 9.47 Å². The van der Waals surface area contributed by atoms with Crippen LogP contribution in [-0.2, 0) is 15.6 Å². The summed E-state index contributed by atoms with van der Waals surface area (Å²) < 4.78 is 22.1. The van der Waals surface area contributed by atoms with Crippen molar-refractivity contribution in [1.82, 2.24) is 0 Å². The van der Waals surface area contributed by atoms with Crippen LogP contribution in [0.5, 0.6) is 5.75 Å². The Labute approximate surface area is 126 Å². The van der Waals surface area contributed by atoms with Crippen LogP contribution in [0, 0.1) is 0 Å². The second kappa shape index (κ2) is 6.04. The molecule has 118 valence electrons. The molecule has 0 bridgehead atoms. The molecule has 0 aliphatic carbocycles. The Bertz CT molecular complexity index is 475. The van der Waals surface area contributed by atoms with Crippen molar-refractivity contribution >= 4 is 6.16 Å². The van der Waals surface area contributed by atoms with E-state index in [1.54, 1.807) is 12.1 Å². The summed E-state index contributed by atoms with van der Waals surface area (Å²) in [5.41, 5.74) is 1.92. The molecule has 1 aromatic carbocycles. The molecule has 3 nitrogen and oxygen atoms in total. The topological polar surface area (TPSA) is 35.5 Å². The van der Waals surface area contributed by atoms with Crippen molar-refractivity contribution < 1.29 is 18.7 Å². The molecule has 0 N–H and O–H groups in total. The lowest BCUT2D eigenvalue weighted by atomic mass is 9.80. The highest BCUT2D eigenvalue weighted by Crippen LogP contribution is 2.33. The Hall–Kier alpha value is -1.58. The minimum atomic E-state index is -1.69. The van der Waals surface area contributed by atoms with Gasteiger partial charge in [0.05, 0.1) is 0 Å². The molecule has 0 spiro atoms. The lowest BCUT2D eigenvalue weighted by molar-refractivity contribution is 0.00190. The first-order valence-electron chi connectivity index (χ1n) is 7.08. The van der Waals surface area contributed by atoms with E-state index in [1.807, 2.05) is 0 Å². The maximum absolute atomic E-state index is 12.7. The highest BCUT2D eigenvalue weighted by molar-refractivity contribution is 5.64. The molecule has 4 heteroatoms. The summed E-state index contributed by atoms with van der Waals surface area (Å²) in [5, 5.41) is 0. The predicted octanol–water partition coefficient (Wildman–Crippen LogP) is 5.11. The Balaban J connectivity index is 3.17. The quantitative estimate of drug-likeness (QED) is 0.562. The van der Waals surface area contributed by atoms with Crippen LogP contribution >= 0.6 is 0 Å². The smallest absolute Gasteiger partial charge is 0.400 e. The van der Waals surface area contributed by atoms with E-state index >= 15 is 0 Å². The van der Waals surface area contributed by atoms with Crippen molar-refractivity contribution in [3.05, 3.63) is 29.3 Å². The van der Waals surface area contributed by atoms with Gasteiger partial charge in [0.25, 0.3) is 0 Å². The van der Waals surface area contributed by atoms with Crippen LogP contribution in [-0.4, -0.2) is 12.5 Å². The van der Waals surface area contributed by atoms with Gasteiger partial charge in [-0.3, -0.25) is 0 Å². The molecule has 0 aromatic heterocycles. The highest BCUT2D eigenvalue weighted by Gasteiger charge is 2.22. The van der Waals surface area contributed by atoms with E-state index in [0.717, 1.165) is 18.1 Å². The fourth-order valence-corrected chi connectivity index (χ4v) is 1.78. The number of hydrogen-bond donors (Lipinski definition) is 0. The third-order valence-electron chi connectivity index (χ3n) is 3.10. The third-order valence-corrected chi connectivity index (χ3v) is 3.10. The van der Waals surface area contributed by atoms with Gasteiger partial charge in [-0.15, -0.1) is 0 Å². The molecule has 1 aromatic rings. The fraction of sp³-hybridized carbons (Fsp3) is 0.588. The summed E-state index contributed by atoms with van der Waals surface area (Å²) in [6.45, 7) is 13.6. The molecule has 0 saturated carbocycles. The number of hydrogen-bond acceptors (Lipinski definition) is 3. The summed E-state index contributed by atoms with van der Waals surface area (Å²) in [5.74, 6) is 0.373. The van der Waals surface area contributed by atoms with E-state index in [1.165, 1.54) is 0 Å². The van der Waals surface area contributed by atoms with Crippen LogP contribution < -0.4 is 4.74 Å². The summed E-state index contributed by atoms with van der Waals surface area (Å²) >= 11 is 0. The van der Waals surface area contributed by atoms with Crippen molar-refractivity contribution in [1.29, 1.82) is 0 Å². The number of rotatable bonds is 2. The molecule has 0 heterocycles. The van der Waals surface area contributed by atoms with E-state index in [9.17, 15) is 9.18 Å². The third kappa shape index (κ3) is 5.37. The van der Waals surface area contributed by atoms with Crippen LogP contribution in [0.1, 0.15) is 59.6 Å². The molecule has 0 radical (unpaired) electrons. The standard InChI is InChI=1S/C17H25FO3/c1-11(18)20-15(19)21-14-9-12(16(2,3)4)8-13(10-14)17(5,6)7/h8-11H,1-7H3. The number of carbonyl (C=O) groups excluding carboxylic acids is 1. The van der Waals surface area contributed by atoms with Crippen molar-refractivity contribution in [2.24, 2.45) is 0 Å². The molecule has 0 aliphatic heterocycles. The minimum Gasteiger partial charge on any atom is -0.400 e. The first kappa shape index (κ1) is 17.5. The lowest BCUT2D eigenvalue weighted by Gasteiger charge is -2.25. The van der Waals surface area contributed by atoms with Crippen LogP contribution in [0.4, 0.5) is 9.18 Å². The summed E-state index contributed by atoms with van der Waals surface area (Å²) in [6.07, 6.45) is -2.72. The fourth-order valence-electron chi connectivity index (χ4n) is 1.78. The molecular weight excluding hydrogens is 271 g/mol. The van der Waals surface area contributed by atoms with Gasteiger partial charge in [0.2, 0.25) is 6.36 Å². The number of alkyl halides is 1. The van der Waals surface area contributed by atoms with E-state index in [2.05, 4.69) is 52.3 Å². The van der Waals surface area contributed by atoms with E-state index in [0.29, 0.717) is 5.75 Å². The molecule has 0 saturated heterocycles. The van der Waals surface area contributed by atoms with Crippen LogP contribution in [0.15, 0.2) is 18.2 Å². The zero-order valence-corrected chi connectivity index (χ0v) is 13.9. The van der Waals surface area contributed by atoms with Crippen LogP contribution in [0.3, 0.4) is 0 Å². The first-order valence-corrected chi connectivity index (χ1v) is 7.08. The van der Waals surface area contributed by atoms with Gasteiger partial charge in [-0.05, 0) is 34.1 Å². The largest absolute Gasteiger partial charge is 0.516 e. The van der Waals surface area contributed by atoms with Gasteiger partial charge in [0, 0.05) is 6.92 Å². The van der Waals surface area contributed by atoms with Crippen molar-refractivity contribution in [2.75, 3.05) is 0 Å². The Kier molecular flexibility index (Phi) is 5.03. The SMILES string of the molecule is CC(F)OC(=O)Oc1cc(C(C)(C)C)cc(C(C)(C)C)c1. The zero-order valence-electron chi connectivity index (χ0n) is 13.9. The monoisotopic (exact) mass is 296 g/mol. The normalized spacial score (nSPS) is 13.7. The summed E-state index contributed by atoms with van der Waals surface area (Å²) in [6, 6.07) is 5.69. The Morgan fingerprint density at radius 3 is 1.76 bits per heavy atom. The van der Waals surface area contributed by atoms with Gasteiger partial charge in [-0.2, -0.15) is 0 Å². The van der Waals surface area contributed by atoms with Gasteiger partial charge in [0.1, 0.15) is 5.75 Å². The Morgan fingerprint density at radius 2 is 1.43 bits per heavy atom. The second-order valence-electron chi connectivity index (χ2n) is 7.26. The summed E-state index contributed by atoms with van der Waals surface area (Å²) in [4.78, 5) is 11.5. The average Bonchev–Trinajstić information content (AvgIpc) is 2.24. The lowest BCUT2D eigenvalue weighted by Crippen LogP contribution is -2.19. The Morgan fingerprint density at radius 1 is 1.00 bits per heavy atom. The maximum atomic E-state index is 12.7. The zero-order chi connectivity index (χ0) is 16.4.